The van der Waals surface area contributed by atoms with Crippen LogP contribution in [0.3, 0.4) is 0 Å². The van der Waals surface area contributed by atoms with Crippen molar-refractivity contribution in [3.05, 3.63) is 101 Å². The first kappa shape index (κ1) is 23.6. The summed E-state index contributed by atoms with van der Waals surface area (Å²) in [7, 11) is 0. The summed E-state index contributed by atoms with van der Waals surface area (Å²) in [6.45, 7) is 0.625. The van der Waals surface area contributed by atoms with Gasteiger partial charge in [0.2, 0.25) is 0 Å². The van der Waals surface area contributed by atoms with E-state index in [0.717, 1.165) is 48.1 Å². The van der Waals surface area contributed by atoms with Gasteiger partial charge in [0, 0.05) is 12.8 Å². The second-order valence-electron chi connectivity index (χ2n) is 8.11. The van der Waals surface area contributed by atoms with E-state index in [0.29, 0.717) is 19.4 Å². The highest BCUT2D eigenvalue weighted by Crippen LogP contribution is 2.22. The molecule has 3 aromatic carbocycles. The topological polar surface area (TPSA) is 66.8 Å². The first-order chi connectivity index (χ1) is 15.6. The number of hydrogen-bond acceptors (Lipinski definition) is 3. The Bertz CT molecular complexity index is 968. The van der Waals surface area contributed by atoms with Crippen LogP contribution in [0.15, 0.2) is 78.9 Å². The molecule has 2 N–H and O–H groups in total. The molecule has 0 aliphatic heterocycles. The lowest BCUT2D eigenvalue weighted by Gasteiger charge is -2.13. The molecule has 0 aliphatic carbocycles. The van der Waals surface area contributed by atoms with Crippen LogP contribution in [0.1, 0.15) is 54.0 Å². The monoisotopic (exact) mass is 432 g/mol. The predicted octanol–water partition coefficient (Wildman–Crippen LogP) is 5.77. The number of ether oxygens (including phenoxy) is 1. The van der Waals surface area contributed by atoms with Crippen molar-refractivity contribution in [3.8, 4) is 5.75 Å². The van der Waals surface area contributed by atoms with Gasteiger partial charge in [0.25, 0.3) is 0 Å². The first-order valence-electron chi connectivity index (χ1n) is 11.3. The fourth-order valence-electron chi connectivity index (χ4n) is 3.79. The summed E-state index contributed by atoms with van der Waals surface area (Å²) in [5.74, 6) is -0.00897. The fraction of sp³-hybridized carbons (Fsp3) is 0.321. The molecule has 4 nitrogen and oxygen atoms in total. The van der Waals surface area contributed by atoms with Crippen molar-refractivity contribution >= 4 is 5.97 Å². The van der Waals surface area contributed by atoms with E-state index in [4.69, 9.17) is 9.84 Å². The van der Waals surface area contributed by atoms with Gasteiger partial charge in [-0.3, -0.25) is 4.79 Å². The van der Waals surface area contributed by atoms with E-state index < -0.39 is 12.1 Å². The number of rotatable bonds is 13. The van der Waals surface area contributed by atoms with Crippen molar-refractivity contribution in [1.82, 2.24) is 0 Å². The number of para-hydroxylation sites is 1. The highest BCUT2D eigenvalue weighted by Gasteiger charge is 2.09. The summed E-state index contributed by atoms with van der Waals surface area (Å²) < 4.78 is 5.90. The molecule has 0 saturated heterocycles. The molecule has 0 radical (unpaired) electrons. The molecule has 32 heavy (non-hydrogen) atoms. The van der Waals surface area contributed by atoms with E-state index in [1.807, 2.05) is 66.7 Å². The van der Waals surface area contributed by atoms with Crippen LogP contribution < -0.4 is 4.74 Å². The molecule has 0 spiro atoms. The summed E-state index contributed by atoms with van der Waals surface area (Å²) in [6, 6.07) is 26.0. The molecule has 0 unspecified atom stereocenters. The molecule has 0 fully saturated rings. The third kappa shape index (κ3) is 7.86. The molecular weight excluding hydrogens is 400 g/mol. The van der Waals surface area contributed by atoms with Crippen LogP contribution in [0, 0.1) is 0 Å². The summed E-state index contributed by atoms with van der Waals surface area (Å²) >= 11 is 0. The average Bonchev–Trinajstić information content (AvgIpc) is 2.81. The molecule has 0 saturated carbocycles. The number of unbranched alkanes of at least 4 members (excludes halogenated alkanes) is 2. The number of benzene rings is 3. The molecule has 0 bridgehead atoms. The lowest BCUT2D eigenvalue weighted by atomic mass is 9.98. The SMILES string of the molecule is O=C(O)CCc1ccccc1OCCCCCc1cccc([C@@H](O)Cc2ccccc2)c1. The van der Waals surface area contributed by atoms with Crippen molar-refractivity contribution in [2.75, 3.05) is 6.61 Å². The number of carboxylic acid groups (broad SMARTS) is 1. The van der Waals surface area contributed by atoms with Crippen LogP contribution in [-0.2, 0) is 24.1 Å². The number of aliphatic carboxylic acids is 1. The quantitative estimate of drug-likeness (QED) is 0.336. The van der Waals surface area contributed by atoms with E-state index in [1.54, 1.807) is 0 Å². The van der Waals surface area contributed by atoms with Crippen molar-refractivity contribution in [1.29, 1.82) is 0 Å². The van der Waals surface area contributed by atoms with E-state index in [1.165, 1.54) is 5.56 Å². The van der Waals surface area contributed by atoms with Crippen molar-refractivity contribution in [3.63, 3.8) is 0 Å². The molecule has 3 rings (SSSR count). The van der Waals surface area contributed by atoms with Gasteiger partial charge in [0.1, 0.15) is 5.75 Å². The van der Waals surface area contributed by atoms with Crippen LogP contribution in [0.5, 0.6) is 5.75 Å². The Labute approximate surface area is 190 Å². The molecule has 0 heterocycles. The average molecular weight is 433 g/mol. The Morgan fingerprint density at radius 2 is 1.56 bits per heavy atom. The zero-order valence-corrected chi connectivity index (χ0v) is 18.5. The highest BCUT2D eigenvalue weighted by molar-refractivity contribution is 5.67. The first-order valence-corrected chi connectivity index (χ1v) is 11.3. The van der Waals surface area contributed by atoms with E-state index >= 15 is 0 Å². The summed E-state index contributed by atoms with van der Waals surface area (Å²) in [5.41, 5.74) is 4.29. The maximum atomic E-state index is 10.8. The molecule has 3 aromatic rings. The Morgan fingerprint density at radius 1 is 0.812 bits per heavy atom. The Balaban J connectivity index is 1.39. The highest BCUT2D eigenvalue weighted by atomic mass is 16.5. The lowest BCUT2D eigenvalue weighted by Crippen LogP contribution is -2.03. The lowest BCUT2D eigenvalue weighted by molar-refractivity contribution is -0.136. The minimum absolute atomic E-state index is 0.111. The van der Waals surface area contributed by atoms with Gasteiger partial charge >= 0.3 is 5.97 Å². The zero-order valence-electron chi connectivity index (χ0n) is 18.5. The summed E-state index contributed by atoms with van der Waals surface area (Å²) in [5, 5.41) is 19.5. The van der Waals surface area contributed by atoms with Gasteiger partial charge in [-0.25, -0.2) is 0 Å². The van der Waals surface area contributed by atoms with Gasteiger partial charge in [-0.05, 0) is 60.4 Å². The van der Waals surface area contributed by atoms with Gasteiger partial charge in [-0.1, -0.05) is 72.8 Å². The largest absolute Gasteiger partial charge is 0.493 e. The summed E-state index contributed by atoms with van der Waals surface area (Å²) in [6.07, 6.45) is 4.75. The van der Waals surface area contributed by atoms with Crippen LogP contribution in [0.4, 0.5) is 0 Å². The number of aryl methyl sites for hydroxylation is 2. The number of aliphatic hydroxyl groups is 1. The van der Waals surface area contributed by atoms with Gasteiger partial charge in [0.15, 0.2) is 0 Å². The normalized spacial score (nSPS) is 11.8. The smallest absolute Gasteiger partial charge is 0.303 e. The van der Waals surface area contributed by atoms with Gasteiger partial charge in [-0.15, -0.1) is 0 Å². The second-order valence-corrected chi connectivity index (χ2v) is 8.11. The van der Waals surface area contributed by atoms with E-state index in [9.17, 15) is 9.90 Å². The van der Waals surface area contributed by atoms with Crippen molar-refractivity contribution < 1.29 is 19.7 Å². The molecular formula is C28H32O4. The summed E-state index contributed by atoms with van der Waals surface area (Å²) in [4.78, 5) is 10.8. The third-order valence-electron chi connectivity index (χ3n) is 5.56. The number of aliphatic hydroxyl groups excluding tert-OH is 1. The minimum Gasteiger partial charge on any atom is -0.493 e. The predicted molar refractivity (Wildman–Crippen MR) is 127 cm³/mol. The van der Waals surface area contributed by atoms with Crippen LogP contribution in [0.2, 0.25) is 0 Å². The standard InChI is InChI=1S/C28H32O4/c29-26(21-23-11-3-1-4-12-23)25-15-9-13-22(20-25)10-5-2-8-19-32-27-16-7-6-14-24(27)17-18-28(30)31/h1,3-4,6-7,9,11-16,20,26,29H,2,5,8,10,17-19,21H2,(H,30,31)/t26-/m0/s1. The van der Waals surface area contributed by atoms with Gasteiger partial charge < -0.3 is 14.9 Å². The number of carbonyl (C=O) groups is 1. The Hall–Kier alpha value is -3.11. The molecule has 0 aliphatic rings. The second kappa shape index (κ2) is 12.7. The molecule has 4 heteroatoms. The maximum absolute atomic E-state index is 10.8. The number of hydrogen-bond donors (Lipinski definition) is 2. The molecule has 168 valence electrons. The maximum Gasteiger partial charge on any atom is 0.303 e. The molecule has 0 amide bonds. The van der Waals surface area contributed by atoms with Gasteiger partial charge in [0.05, 0.1) is 12.7 Å². The number of carboxylic acids is 1. The third-order valence-corrected chi connectivity index (χ3v) is 5.56. The van der Waals surface area contributed by atoms with Crippen molar-refractivity contribution in [2.24, 2.45) is 0 Å². The van der Waals surface area contributed by atoms with Crippen molar-refractivity contribution in [2.45, 2.75) is 51.0 Å². The van der Waals surface area contributed by atoms with Crippen LogP contribution in [-0.4, -0.2) is 22.8 Å². The fourth-order valence-corrected chi connectivity index (χ4v) is 3.79. The Morgan fingerprint density at radius 3 is 2.38 bits per heavy atom. The van der Waals surface area contributed by atoms with Crippen LogP contribution >= 0.6 is 0 Å². The minimum atomic E-state index is -0.795. The van der Waals surface area contributed by atoms with Crippen LogP contribution in [0.25, 0.3) is 0 Å². The zero-order chi connectivity index (χ0) is 22.6. The molecule has 1 atom stereocenters. The van der Waals surface area contributed by atoms with E-state index in [2.05, 4.69) is 12.1 Å². The molecule has 0 aromatic heterocycles. The van der Waals surface area contributed by atoms with E-state index in [-0.39, 0.29) is 6.42 Å². The Kier molecular flexibility index (Phi) is 9.33. The van der Waals surface area contributed by atoms with Gasteiger partial charge in [-0.2, -0.15) is 0 Å².